The van der Waals surface area contributed by atoms with Crippen molar-refractivity contribution in [3.63, 3.8) is 0 Å². The number of benzene rings is 9. The maximum atomic E-state index is 9.37. The number of para-hydroxylation sites is 1. The second-order valence-corrected chi connectivity index (χ2v) is 14.7. The molecule has 1 aromatic heterocycles. The Morgan fingerprint density at radius 1 is 0.434 bits per heavy atom. The zero-order valence-electron chi connectivity index (χ0n) is 37.5. The van der Waals surface area contributed by atoms with Crippen LogP contribution in [0.15, 0.2) is 180 Å². The molecule has 0 atom stereocenters. The number of rotatable bonds is 4. The molecule has 0 aliphatic heterocycles. The van der Waals surface area contributed by atoms with Gasteiger partial charge < -0.3 is 4.42 Å². The smallest absolute Gasteiger partial charge is 0.134 e. The van der Waals surface area contributed by atoms with Crippen LogP contribution in [0.2, 0.25) is 0 Å². The summed E-state index contributed by atoms with van der Waals surface area (Å²) in [6, 6.07) is 37.8. The van der Waals surface area contributed by atoms with Gasteiger partial charge in [0.25, 0.3) is 0 Å². The molecule has 53 heavy (non-hydrogen) atoms. The van der Waals surface area contributed by atoms with E-state index in [9.17, 15) is 5.48 Å². The number of fused-ring (bicyclic) bond motifs is 6. The average Bonchev–Trinajstić information content (AvgIpc) is 3.71. The van der Waals surface area contributed by atoms with Gasteiger partial charge in [-0.15, -0.1) is 0 Å². The topological polar surface area (TPSA) is 13.1 Å². The quantitative estimate of drug-likeness (QED) is 0.133. The van der Waals surface area contributed by atoms with Crippen LogP contribution in [0.4, 0.5) is 0 Å². The molecular weight excluding hydrogens is 641 g/mol. The zero-order valence-corrected chi connectivity index (χ0v) is 29.5. The monoisotopic (exact) mass is 686 g/mol. The van der Waals surface area contributed by atoms with Crippen LogP contribution >= 0.6 is 0 Å². The van der Waals surface area contributed by atoms with Gasteiger partial charge in [-0.1, -0.05) is 172 Å². The van der Waals surface area contributed by atoms with Gasteiger partial charge in [-0.05, 0) is 106 Å². The summed E-state index contributed by atoms with van der Waals surface area (Å²) in [7, 11) is 0. The summed E-state index contributed by atoms with van der Waals surface area (Å²) < 4.78 is 78.6. The lowest BCUT2D eigenvalue weighted by molar-refractivity contribution is 0.591. The summed E-state index contributed by atoms with van der Waals surface area (Å²) in [5.41, 5.74) is 7.34. The molecule has 10 rings (SSSR count). The molecule has 0 amide bonds. The van der Waals surface area contributed by atoms with Crippen molar-refractivity contribution in [1.29, 1.82) is 0 Å². The van der Waals surface area contributed by atoms with E-state index in [1.807, 2.05) is 54.6 Å². The van der Waals surface area contributed by atoms with Gasteiger partial charge in [0.05, 0.1) is 17.2 Å². The molecule has 0 spiro atoms. The predicted molar refractivity (Wildman–Crippen MR) is 227 cm³/mol. The van der Waals surface area contributed by atoms with Crippen molar-refractivity contribution in [3.8, 4) is 44.5 Å². The third-order valence-electron chi connectivity index (χ3n) is 10.6. The lowest BCUT2D eigenvalue weighted by atomic mass is 9.83. The lowest BCUT2D eigenvalue weighted by Gasteiger charge is -2.21. The minimum absolute atomic E-state index is 0.0590. The van der Waals surface area contributed by atoms with Crippen molar-refractivity contribution in [3.05, 3.63) is 181 Å². The molecule has 0 unspecified atom stereocenters. The molecule has 0 aliphatic rings. The van der Waals surface area contributed by atoms with Crippen LogP contribution in [0.3, 0.4) is 0 Å². The number of hydrogen-bond acceptors (Lipinski definition) is 1. The first-order valence-electron chi connectivity index (χ1n) is 21.8. The molecule has 10 aromatic rings. The fourth-order valence-corrected chi connectivity index (χ4v) is 7.93. The highest BCUT2D eigenvalue weighted by Crippen LogP contribution is 2.47. The summed E-state index contributed by atoms with van der Waals surface area (Å²) in [4.78, 5) is 0. The van der Waals surface area contributed by atoms with E-state index in [1.165, 1.54) is 22.6 Å². The first-order valence-corrected chi connectivity index (χ1v) is 17.8. The SMILES string of the molecule is [2H]c1c([2H])c([2H])c2c(-c3coc4ccccc34)c3c([2H])c([2H])c([2H])c([2H])c3c(-c3ccc(-c4ccccc4-c4cc5ccccc5c5ccc(C(C)(C)C)cc45)cc3)c2c1[2H]. The van der Waals surface area contributed by atoms with Crippen LogP contribution in [0, 0.1) is 0 Å². The Morgan fingerprint density at radius 3 is 1.72 bits per heavy atom. The maximum absolute atomic E-state index is 9.37. The minimum Gasteiger partial charge on any atom is -0.464 e. The molecule has 0 bridgehead atoms. The van der Waals surface area contributed by atoms with E-state index >= 15 is 0 Å². The summed E-state index contributed by atoms with van der Waals surface area (Å²) in [6.45, 7) is 6.67. The van der Waals surface area contributed by atoms with E-state index in [0.29, 0.717) is 27.7 Å². The van der Waals surface area contributed by atoms with Crippen molar-refractivity contribution < 1.29 is 15.4 Å². The predicted octanol–water partition coefficient (Wildman–Crippen LogP) is 15.0. The van der Waals surface area contributed by atoms with Crippen molar-refractivity contribution in [2.24, 2.45) is 0 Å². The van der Waals surface area contributed by atoms with Gasteiger partial charge in [0.1, 0.15) is 5.58 Å². The van der Waals surface area contributed by atoms with Crippen LogP contribution < -0.4 is 0 Å². The van der Waals surface area contributed by atoms with Crippen LogP contribution in [0.1, 0.15) is 37.3 Å². The molecule has 0 N–H and O–H groups in total. The number of furan rings is 1. The fourth-order valence-electron chi connectivity index (χ4n) is 7.93. The highest BCUT2D eigenvalue weighted by atomic mass is 16.3. The largest absolute Gasteiger partial charge is 0.464 e. The molecule has 1 heterocycles. The highest BCUT2D eigenvalue weighted by Gasteiger charge is 2.21. The maximum Gasteiger partial charge on any atom is 0.134 e. The Hall–Kier alpha value is -6.44. The van der Waals surface area contributed by atoms with E-state index < -0.39 is 24.2 Å². The summed E-state index contributed by atoms with van der Waals surface area (Å²) in [5.74, 6) is 0. The van der Waals surface area contributed by atoms with E-state index in [0.717, 1.165) is 33.0 Å². The Morgan fingerprint density at radius 2 is 1.02 bits per heavy atom. The standard InChI is InChI=1S/C52H38O/c1-52(2,3)36-28-29-40-38-16-5-4-14-35(38)30-46(47(40)31-36)39-17-7-6-15-37(39)33-24-26-34(27-25-33)50-42-19-8-10-21-44(42)51(45-22-11-9-20-43(45)50)48-32-53-49-23-13-12-18-41(48)49/h4-32H,1-3H3/i8D,9D,10D,11D,19D,20D,21D,22D. The lowest BCUT2D eigenvalue weighted by Crippen LogP contribution is -2.10. The van der Waals surface area contributed by atoms with Crippen molar-refractivity contribution in [2.75, 3.05) is 0 Å². The van der Waals surface area contributed by atoms with Gasteiger partial charge in [-0.25, -0.2) is 0 Å². The van der Waals surface area contributed by atoms with Crippen LogP contribution in [-0.2, 0) is 5.41 Å². The molecule has 252 valence electrons. The second-order valence-electron chi connectivity index (χ2n) is 14.7. The van der Waals surface area contributed by atoms with Gasteiger partial charge in [-0.2, -0.15) is 0 Å². The van der Waals surface area contributed by atoms with Crippen LogP contribution in [0.5, 0.6) is 0 Å². The molecule has 1 heteroatoms. The molecule has 0 aliphatic carbocycles. The Labute approximate surface area is 321 Å². The summed E-state index contributed by atoms with van der Waals surface area (Å²) in [6.07, 6.45) is 1.50. The van der Waals surface area contributed by atoms with Gasteiger partial charge in [0.15, 0.2) is 0 Å². The van der Waals surface area contributed by atoms with Crippen molar-refractivity contribution in [1.82, 2.24) is 0 Å². The molecule has 0 saturated carbocycles. The molecule has 0 fully saturated rings. The third kappa shape index (κ3) is 5.07. The normalized spacial score (nSPS) is 14.2. The Bertz CT molecular complexity index is 3410. The fraction of sp³-hybridized carbons (Fsp3) is 0.0769. The zero-order chi connectivity index (χ0) is 42.6. The van der Waals surface area contributed by atoms with E-state index in [2.05, 4.69) is 81.4 Å². The first-order chi connectivity index (χ1) is 29.3. The van der Waals surface area contributed by atoms with E-state index in [4.69, 9.17) is 9.90 Å². The van der Waals surface area contributed by atoms with Gasteiger partial charge in [0.2, 0.25) is 0 Å². The minimum atomic E-state index is -0.444. The van der Waals surface area contributed by atoms with Crippen molar-refractivity contribution in [2.45, 2.75) is 26.2 Å². The van der Waals surface area contributed by atoms with Crippen LogP contribution in [0.25, 0.3) is 98.6 Å². The van der Waals surface area contributed by atoms with Gasteiger partial charge >= 0.3 is 0 Å². The second kappa shape index (κ2) is 12.1. The molecule has 0 saturated heterocycles. The molecule has 0 radical (unpaired) electrons. The van der Waals surface area contributed by atoms with Crippen LogP contribution in [-0.4, -0.2) is 0 Å². The molecular formula is C52H38O. The van der Waals surface area contributed by atoms with E-state index in [-0.39, 0.29) is 56.7 Å². The van der Waals surface area contributed by atoms with E-state index in [1.54, 1.807) is 6.07 Å². The third-order valence-corrected chi connectivity index (χ3v) is 10.6. The molecule has 9 aromatic carbocycles. The molecule has 1 nitrogen and oxygen atoms in total. The summed E-state index contributed by atoms with van der Waals surface area (Å²) >= 11 is 0. The Balaban J connectivity index is 1.26. The highest BCUT2D eigenvalue weighted by molar-refractivity contribution is 6.23. The van der Waals surface area contributed by atoms with Gasteiger partial charge in [-0.3, -0.25) is 0 Å². The average molecular weight is 687 g/mol. The van der Waals surface area contributed by atoms with Crippen molar-refractivity contribution >= 4 is 54.1 Å². The number of hydrogen-bond donors (Lipinski definition) is 0. The van der Waals surface area contributed by atoms with Gasteiger partial charge in [0, 0.05) is 16.5 Å². The summed E-state index contributed by atoms with van der Waals surface area (Å²) in [5, 5.41) is 5.92. The Kier molecular flexibility index (Phi) is 5.45. The first kappa shape index (κ1) is 23.9.